The van der Waals surface area contributed by atoms with Gasteiger partial charge in [-0.3, -0.25) is 4.79 Å². The molecule has 1 amide bonds. The first-order valence-corrected chi connectivity index (χ1v) is 3.62. The topological polar surface area (TPSA) is 29.1 Å². The van der Waals surface area contributed by atoms with Crippen molar-refractivity contribution < 1.29 is 4.79 Å². The van der Waals surface area contributed by atoms with Crippen molar-refractivity contribution >= 4 is 17.5 Å². The van der Waals surface area contributed by atoms with E-state index in [2.05, 4.69) is 11.9 Å². The van der Waals surface area contributed by atoms with E-state index in [0.29, 0.717) is 5.57 Å². The highest BCUT2D eigenvalue weighted by Gasteiger charge is 2.05. The second-order valence-corrected chi connectivity index (χ2v) is 2.66. The monoisotopic (exact) mass is 161 g/mol. The predicted molar refractivity (Wildman–Crippen MR) is 42.9 cm³/mol. The summed E-state index contributed by atoms with van der Waals surface area (Å²) in [5.74, 6) is -0.179. The Bertz CT molecular complexity index is 145. The van der Waals surface area contributed by atoms with Crippen LogP contribution in [0, 0.1) is 0 Å². The molecule has 0 aliphatic rings. The van der Waals surface area contributed by atoms with Crippen LogP contribution in [0.15, 0.2) is 12.2 Å². The van der Waals surface area contributed by atoms with Crippen LogP contribution in [0.25, 0.3) is 0 Å². The van der Waals surface area contributed by atoms with Crippen molar-refractivity contribution in [1.82, 2.24) is 5.32 Å². The number of halogens is 1. The van der Waals surface area contributed by atoms with Crippen LogP contribution in [0.2, 0.25) is 0 Å². The standard InChI is InChI=1S/C7H12ClNO/c1-4-6(8)9-7(10)5(2)3/h6H,2,4H2,1,3H3,(H,9,10). The number of hydrogen-bond donors (Lipinski definition) is 1. The van der Waals surface area contributed by atoms with Gasteiger partial charge < -0.3 is 5.32 Å². The van der Waals surface area contributed by atoms with Crippen molar-refractivity contribution in [3.05, 3.63) is 12.2 Å². The summed E-state index contributed by atoms with van der Waals surface area (Å²) in [7, 11) is 0. The fraction of sp³-hybridized carbons (Fsp3) is 0.571. The van der Waals surface area contributed by atoms with Gasteiger partial charge in [0.15, 0.2) is 0 Å². The lowest BCUT2D eigenvalue weighted by molar-refractivity contribution is -0.117. The number of carbonyl (C=O) groups is 1. The Morgan fingerprint density at radius 3 is 2.60 bits per heavy atom. The van der Waals surface area contributed by atoms with Crippen LogP contribution in [0.3, 0.4) is 0 Å². The summed E-state index contributed by atoms with van der Waals surface area (Å²) < 4.78 is 0. The molecule has 0 aromatic rings. The zero-order valence-electron chi connectivity index (χ0n) is 6.28. The minimum atomic E-state index is -0.274. The van der Waals surface area contributed by atoms with E-state index in [1.807, 2.05) is 6.92 Å². The lowest BCUT2D eigenvalue weighted by Crippen LogP contribution is -2.30. The molecule has 0 radical (unpaired) electrons. The average Bonchev–Trinajstić information content (AvgIpc) is 1.87. The van der Waals surface area contributed by atoms with Gasteiger partial charge in [-0.2, -0.15) is 0 Å². The van der Waals surface area contributed by atoms with Gasteiger partial charge >= 0.3 is 0 Å². The molecule has 1 unspecified atom stereocenters. The van der Waals surface area contributed by atoms with Crippen molar-refractivity contribution in [3.63, 3.8) is 0 Å². The minimum Gasteiger partial charge on any atom is -0.336 e. The molecule has 0 aliphatic carbocycles. The van der Waals surface area contributed by atoms with Crippen molar-refractivity contribution in [3.8, 4) is 0 Å². The first-order valence-electron chi connectivity index (χ1n) is 3.18. The molecule has 0 heterocycles. The summed E-state index contributed by atoms with van der Waals surface area (Å²) in [5.41, 5.74) is 0.211. The third-order valence-electron chi connectivity index (χ3n) is 1.03. The number of nitrogens with one attached hydrogen (secondary N) is 1. The van der Waals surface area contributed by atoms with E-state index in [9.17, 15) is 4.79 Å². The lowest BCUT2D eigenvalue weighted by atomic mass is 10.3. The Hall–Kier alpha value is -0.500. The van der Waals surface area contributed by atoms with E-state index in [1.54, 1.807) is 6.92 Å². The van der Waals surface area contributed by atoms with Crippen molar-refractivity contribution in [2.75, 3.05) is 0 Å². The van der Waals surface area contributed by atoms with Crippen LogP contribution in [0.4, 0.5) is 0 Å². The van der Waals surface area contributed by atoms with E-state index in [4.69, 9.17) is 11.6 Å². The smallest absolute Gasteiger partial charge is 0.247 e. The third-order valence-corrected chi connectivity index (χ3v) is 1.45. The predicted octanol–water partition coefficient (Wildman–Crippen LogP) is 1.65. The molecule has 0 aromatic carbocycles. The Morgan fingerprint density at radius 2 is 2.30 bits per heavy atom. The van der Waals surface area contributed by atoms with E-state index < -0.39 is 0 Å². The van der Waals surface area contributed by atoms with Crippen LogP contribution in [0.5, 0.6) is 0 Å². The van der Waals surface area contributed by atoms with E-state index in [0.717, 1.165) is 6.42 Å². The van der Waals surface area contributed by atoms with E-state index >= 15 is 0 Å². The molecule has 0 spiro atoms. The molecule has 0 rings (SSSR count). The van der Waals surface area contributed by atoms with Gasteiger partial charge in [0.25, 0.3) is 0 Å². The number of amides is 1. The highest BCUT2D eigenvalue weighted by Crippen LogP contribution is 1.97. The SMILES string of the molecule is C=C(C)C(=O)NC(Cl)CC. The van der Waals surface area contributed by atoms with Gasteiger partial charge in [-0.1, -0.05) is 25.1 Å². The molecule has 0 bridgehead atoms. The van der Waals surface area contributed by atoms with Gasteiger partial charge in [0.05, 0.1) is 0 Å². The Kier molecular flexibility index (Phi) is 4.12. The molecule has 10 heavy (non-hydrogen) atoms. The quantitative estimate of drug-likeness (QED) is 0.381. The van der Waals surface area contributed by atoms with Crippen LogP contribution in [-0.4, -0.2) is 11.4 Å². The van der Waals surface area contributed by atoms with Crippen molar-refractivity contribution in [2.45, 2.75) is 25.8 Å². The first kappa shape index (κ1) is 9.50. The maximum Gasteiger partial charge on any atom is 0.247 e. The molecular formula is C7H12ClNO. The van der Waals surface area contributed by atoms with Crippen LogP contribution in [-0.2, 0) is 4.79 Å². The fourth-order valence-corrected chi connectivity index (χ4v) is 0.467. The second-order valence-electron chi connectivity index (χ2n) is 2.13. The Labute approximate surface area is 66.3 Å². The summed E-state index contributed by atoms with van der Waals surface area (Å²) >= 11 is 5.63. The maximum atomic E-state index is 10.8. The second kappa shape index (κ2) is 4.34. The van der Waals surface area contributed by atoms with Crippen molar-refractivity contribution in [1.29, 1.82) is 0 Å². The molecule has 3 heteroatoms. The maximum absolute atomic E-state index is 10.8. The summed E-state index contributed by atoms with van der Waals surface area (Å²) in [5, 5.41) is 2.56. The third kappa shape index (κ3) is 3.51. The summed E-state index contributed by atoms with van der Waals surface area (Å²) in [6, 6.07) is 0. The van der Waals surface area contributed by atoms with Crippen LogP contribution < -0.4 is 5.32 Å². The summed E-state index contributed by atoms with van der Waals surface area (Å²) in [6.07, 6.45) is 0.723. The molecule has 58 valence electrons. The largest absolute Gasteiger partial charge is 0.336 e. The molecule has 0 aliphatic heterocycles. The number of hydrogen-bond acceptors (Lipinski definition) is 1. The van der Waals surface area contributed by atoms with Crippen LogP contribution >= 0.6 is 11.6 Å². The molecular weight excluding hydrogens is 150 g/mol. The van der Waals surface area contributed by atoms with Gasteiger partial charge in [0.2, 0.25) is 5.91 Å². The Balaban J connectivity index is 3.68. The van der Waals surface area contributed by atoms with E-state index in [-0.39, 0.29) is 11.4 Å². The molecule has 2 nitrogen and oxygen atoms in total. The molecule has 0 fully saturated rings. The number of carbonyl (C=O) groups excluding carboxylic acids is 1. The number of alkyl halides is 1. The Morgan fingerprint density at radius 1 is 1.80 bits per heavy atom. The van der Waals surface area contributed by atoms with Gasteiger partial charge in [0, 0.05) is 5.57 Å². The van der Waals surface area contributed by atoms with Crippen LogP contribution in [0.1, 0.15) is 20.3 Å². The van der Waals surface area contributed by atoms with Gasteiger partial charge in [0.1, 0.15) is 5.50 Å². The summed E-state index contributed by atoms with van der Waals surface area (Å²) in [4.78, 5) is 10.8. The first-order chi connectivity index (χ1) is 4.57. The highest BCUT2D eigenvalue weighted by atomic mass is 35.5. The van der Waals surface area contributed by atoms with Gasteiger partial charge in [-0.15, -0.1) is 0 Å². The van der Waals surface area contributed by atoms with Gasteiger partial charge in [-0.25, -0.2) is 0 Å². The average molecular weight is 162 g/mol. The van der Waals surface area contributed by atoms with Crippen molar-refractivity contribution in [2.24, 2.45) is 0 Å². The highest BCUT2D eigenvalue weighted by molar-refractivity contribution is 6.21. The molecule has 1 N–H and O–H groups in total. The number of rotatable bonds is 3. The summed E-state index contributed by atoms with van der Waals surface area (Å²) in [6.45, 7) is 7.02. The molecule has 0 saturated heterocycles. The zero-order valence-corrected chi connectivity index (χ0v) is 7.03. The molecule has 1 atom stereocenters. The van der Waals surface area contributed by atoms with E-state index in [1.165, 1.54) is 0 Å². The fourth-order valence-electron chi connectivity index (χ4n) is 0.368. The normalized spacial score (nSPS) is 12.3. The molecule has 0 saturated carbocycles. The zero-order chi connectivity index (χ0) is 8.15. The molecule has 0 aromatic heterocycles. The minimum absolute atomic E-state index is 0.179. The van der Waals surface area contributed by atoms with Gasteiger partial charge in [-0.05, 0) is 13.3 Å². The lowest BCUT2D eigenvalue weighted by Gasteiger charge is -2.07.